The normalized spacial score (nSPS) is 13.7. The lowest BCUT2D eigenvalue weighted by atomic mass is 9.95. The van der Waals surface area contributed by atoms with Gasteiger partial charge in [0.05, 0.1) is 10.4 Å². The Bertz CT molecular complexity index is 717. The molecular formula is C17H20N2O2S2. The largest absolute Gasteiger partial charge is 0.350 e. The Labute approximate surface area is 143 Å². The van der Waals surface area contributed by atoms with Crippen molar-refractivity contribution in [3.63, 3.8) is 0 Å². The monoisotopic (exact) mass is 348 g/mol. The second-order valence-corrected chi connectivity index (χ2v) is 8.03. The molecule has 0 radical (unpaired) electrons. The molecule has 2 amide bonds. The van der Waals surface area contributed by atoms with E-state index in [1.807, 2.05) is 25.3 Å². The summed E-state index contributed by atoms with van der Waals surface area (Å²) in [5.74, 6) is -0.224. The quantitative estimate of drug-likeness (QED) is 0.875. The Morgan fingerprint density at radius 1 is 1.17 bits per heavy atom. The number of carbonyl (C=O) groups excluding carboxylic acids is 2. The van der Waals surface area contributed by atoms with Gasteiger partial charge in [-0.05, 0) is 56.5 Å². The maximum atomic E-state index is 12.6. The summed E-state index contributed by atoms with van der Waals surface area (Å²) in [6, 6.07) is 3.72. The van der Waals surface area contributed by atoms with Crippen molar-refractivity contribution < 1.29 is 9.59 Å². The first-order valence-electron chi connectivity index (χ1n) is 7.86. The second kappa shape index (κ2) is 6.84. The van der Waals surface area contributed by atoms with E-state index in [-0.39, 0.29) is 17.9 Å². The van der Waals surface area contributed by atoms with E-state index in [4.69, 9.17) is 0 Å². The van der Waals surface area contributed by atoms with Gasteiger partial charge in [-0.3, -0.25) is 9.59 Å². The minimum atomic E-state index is -0.141. The Balaban J connectivity index is 1.93. The van der Waals surface area contributed by atoms with Gasteiger partial charge in [-0.15, -0.1) is 22.7 Å². The molecule has 2 heterocycles. The van der Waals surface area contributed by atoms with Gasteiger partial charge in [0.2, 0.25) is 0 Å². The van der Waals surface area contributed by atoms with Gasteiger partial charge in [0.1, 0.15) is 5.00 Å². The van der Waals surface area contributed by atoms with Crippen LogP contribution in [0, 0.1) is 0 Å². The lowest BCUT2D eigenvalue weighted by molar-refractivity contribution is 0.0943. The number of thiophene rings is 2. The van der Waals surface area contributed by atoms with Crippen molar-refractivity contribution in [2.45, 2.75) is 45.6 Å². The maximum absolute atomic E-state index is 12.6. The number of nitrogens with one attached hydrogen (secondary N) is 2. The van der Waals surface area contributed by atoms with Crippen molar-refractivity contribution in [3.8, 4) is 0 Å². The Kier molecular flexibility index (Phi) is 4.82. The van der Waals surface area contributed by atoms with Crippen molar-refractivity contribution in [3.05, 3.63) is 38.4 Å². The molecule has 0 unspecified atom stereocenters. The molecule has 4 nitrogen and oxygen atoms in total. The fourth-order valence-electron chi connectivity index (χ4n) is 2.80. The molecule has 0 atom stereocenters. The minimum absolute atomic E-state index is 0.0717. The number of rotatable bonds is 4. The van der Waals surface area contributed by atoms with E-state index in [9.17, 15) is 9.59 Å². The molecule has 2 aromatic rings. The van der Waals surface area contributed by atoms with Gasteiger partial charge in [0.15, 0.2) is 0 Å². The molecule has 0 fully saturated rings. The summed E-state index contributed by atoms with van der Waals surface area (Å²) in [5.41, 5.74) is 1.80. The predicted molar refractivity (Wildman–Crippen MR) is 95.8 cm³/mol. The molecule has 3 rings (SSSR count). The van der Waals surface area contributed by atoms with Crippen LogP contribution in [0.1, 0.15) is 57.2 Å². The summed E-state index contributed by atoms with van der Waals surface area (Å²) >= 11 is 2.96. The van der Waals surface area contributed by atoms with E-state index >= 15 is 0 Å². The molecule has 0 aliphatic heterocycles. The Morgan fingerprint density at radius 3 is 2.65 bits per heavy atom. The van der Waals surface area contributed by atoms with Crippen LogP contribution < -0.4 is 10.6 Å². The van der Waals surface area contributed by atoms with E-state index in [2.05, 4.69) is 10.6 Å². The van der Waals surface area contributed by atoms with Gasteiger partial charge in [-0.25, -0.2) is 0 Å². The smallest absolute Gasteiger partial charge is 0.266 e. The van der Waals surface area contributed by atoms with Crippen molar-refractivity contribution in [2.75, 3.05) is 5.32 Å². The molecule has 6 heteroatoms. The number of anilines is 1. The highest BCUT2D eigenvalue weighted by atomic mass is 32.1. The standard InChI is InChI=1S/C17H20N2O2S2/c1-10(2)18-16(21)14-11-6-3-4-7-12(11)23-17(14)19-15(20)13-8-5-9-22-13/h5,8-10H,3-4,6-7H2,1-2H3,(H,18,21)(H,19,20). The van der Waals surface area contributed by atoms with E-state index < -0.39 is 0 Å². The summed E-state index contributed by atoms with van der Waals surface area (Å²) in [7, 11) is 0. The molecule has 0 spiro atoms. The van der Waals surface area contributed by atoms with Gasteiger partial charge < -0.3 is 10.6 Å². The minimum Gasteiger partial charge on any atom is -0.350 e. The third kappa shape index (κ3) is 3.48. The SMILES string of the molecule is CC(C)NC(=O)c1c(NC(=O)c2cccs2)sc2c1CCCC2. The Hall–Kier alpha value is -1.66. The van der Waals surface area contributed by atoms with Gasteiger partial charge in [0.25, 0.3) is 11.8 Å². The zero-order valence-electron chi connectivity index (χ0n) is 13.3. The lowest BCUT2D eigenvalue weighted by Crippen LogP contribution is -2.31. The van der Waals surface area contributed by atoms with E-state index in [0.29, 0.717) is 15.4 Å². The van der Waals surface area contributed by atoms with Crippen molar-refractivity contribution in [1.29, 1.82) is 0 Å². The van der Waals surface area contributed by atoms with Crippen LogP contribution in [-0.2, 0) is 12.8 Å². The van der Waals surface area contributed by atoms with Crippen molar-refractivity contribution in [1.82, 2.24) is 5.32 Å². The highest BCUT2D eigenvalue weighted by Gasteiger charge is 2.26. The molecule has 1 aliphatic carbocycles. The molecule has 0 saturated heterocycles. The van der Waals surface area contributed by atoms with E-state index in [0.717, 1.165) is 31.2 Å². The van der Waals surface area contributed by atoms with Crippen LogP contribution in [0.25, 0.3) is 0 Å². The van der Waals surface area contributed by atoms with Crippen LogP contribution in [0.2, 0.25) is 0 Å². The van der Waals surface area contributed by atoms with Gasteiger partial charge in [-0.1, -0.05) is 6.07 Å². The topological polar surface area (TPSA) is 58.2 Å². The van der Waals surface area contributed by atoms with E-state index in [1.165, 1.54) is 16.2 Å². The summed E-state index contributed by atoms with van der Waals surface area (Å²) in [4.78, 5) is 26.9. The van der Waals surface area contributed by atoms with Crippen LogP contribution in [0.4, 0.5) is 5.00 Å². The second-order valence-electron chi connectivity index (χ2n) is 5.97. The highest BCUT2D eigenvalue weighted by Crippen LogP contribution is 2.38. The molecule has 1 aliphatic rings. The third-order valence-electron chi connectivity index (χ3n) is 3.79. The van der Waals surface area contributed by atoms with Gasteiger partial charge >= 0.3 is 0 Å². The zero-order valence-corrected chi connectivity index (χ0v) is 14.9. The molecule has 0 aromatic carbocycles. The first kappa shape index (κ1) is 16.2. The van der Waals surface area contributed by atoms with Crippen molar-refractivity contribution >= 4 is 39.5 Å². The summed E-state index contributed by atoms with van der Waals surface area (Å²) in [6.07, 6.45) is 4.17. The third-order valence-corrected chi connectivity index (χ3v) is 5.87. The summed E-state index contributed by atoms with van der Waals surface area (Å²) in [6.45, 7) is 3.89. The molecule has 2 aromatic heterocycles. The summed E-state index contributed by atoms with van der Waals surface area (Å²) in [5, 5.41) is 8.48. The average molecular weight is 348 g/mol. The molecule has 0 saturated carbocycles. The van der Waals surface area contributed by atoms with Crippen LogP contribution in [0.3, 0.4) is 0 Å². The maximum Gasteiger partial charge on any atom is 0.266 e. The number of hydrogen-bond acceptors (Lipinski definition) is 4. The lowest BCUT2D eigenvalue weighted by Gasteiger charge is -2.14. The zero-order chi connectivity index (χ0) is 16.4. The number of amides is 2. The fraction of sp³-hybridized carbons (Fsp3) is 0.412. The fourth-order valence-corrected chi connectivity index (χ4v) is 4.70. The molecular weight excluding hydrogens is 328 g/mol. The van der Waals surface area contributed by atoms with Crippen LogP contribution in [0.5, 0.6) is 0 Å². The molecule has 2 N–H and O–H groups in total. The predicted octanol–water partition coefficient (Wildman–Crippen LogP) is 4.08. The van der Waals surface area contributed by atoms with Crippen molar-refractivity contribution in [2.24, 2.45) is 0 Å². The van der Waals surface area contributed by atoms with E-state index in [1.54, 1.807) is 17.4 Å². The molecule has 23 heavy (non-hydrogen) atoms. The Morgan fingerprint density at radius 2 is 1.96 bits per heavy atom. The average Bonchev–Trinajstić information content (AvgIpc) is 3.13. The number of aryl methyl sites for hydroxylation is 1. The molecule has 122 valence electrons. The molecule has 0 bridgehead atoms. The van der Waals surface area contributed by atoms with Crippen LogP contribution >= 0.6 is 22.7 Å². The highest BCUT2D eigenvalue weighted by molar-refractivity contribution is 7.17. The number of fused-ring (bicyclic) bond motifs is 1. The number of carbonyl (C=O) groups is 2. The first-order valence-corrected chi connectivity index (χ1v) is 9.56. The van der Waals surface area contributed by atoms with Gasteiger partial charge in [-0.2, -0.15) is 0 Å². The number of hydrogen-bond donors (Lipinski definition) is 2. The van der Waals surface area contributed by atoms with Crippen LogP contribution in [-0.4, -0.2) is 17.9 Å². The summed E-state index contributed by atoms with van der Waals surface area (Å²) < 4.78 is 0. The van der Waals surface area contributed by atoms with Crippen LogP contribution in [0.15, 0.2) is 17.5 Å². The van der Waals surface area contributed by atoms with Gasteiger partial charge in [0, 0.05) is 10.9 Å². The first-order chi connectivity index (χ1) is 11.1.